The molecule has 0 spiro atoms. The van der Waals surface area contributed by atoms with E-state index in [2.05, 4.69) is 26.6 Å². The fourth-order valence-corrected chi connectivity index (χ4v) is 2.21. The summed E-state index contributed by atoms with van der Waals surface area (Å²) in [5.41, 5.74) is 0.506. The molecule has 1 aromatic rings. The van der Waals surface area contributed by atoms with Crippen molar-refractivity contribution < 1.29 is 9.18 Å². The first-order valence-electron chi connectivity index (χ1n) is 5.14. The van der Waals surface area contributed by atoms with Crippen molar-refractivity contribution >= 4 is 39.1 Å². The lowest BCUT2D eigenvalue weighted by atomic mass is 10.2. The Morgan fingerprint density at radius 3 is 2.76 bits per heavy atom. The zero-order valence-electron chi connectivity index (χ0n) is 9.48. The number of rotatable bonds is 4. The molecule has 0 radical (unpaired) electrons. The Morgan fingerprint density at radius 2 is 2.24 bits per heavy atom. The number of hydrogen-bond donors (Lipinski definition) is 2. The first-order valence-corrected chi connectivity index (χ1v) is 6.31. The summed E-state index contributed by atoms with van der Waals surface area (Å²) in [4.78, 5) is 11.5. The summed E-state index contributed by atoms with van der Waals surface area (Å²) in [6.07, 6.45) is 0. The van der Waals surface area contributed by atoms with Crippen molar-refractivity contribution in [3.8, 4) is 0 Å². The highest BCUT2D eigenvalue weighted by Crippen LogP contribution is 2.32. The van der Waals surface area contributed by atoms with Gasteiger partial charge in [0.25, 0.3) is 0 Å². The number of carbonyl (C=O) groups excluding carboxylic acids is 1. The molecule has 1 atom stereocenters. The van der Waals surface area contributed by atoms with Crippen molar-refractivity contribution in [3.63, 3.8) is 0 Å². The Hall–Kier alpha value is -0.810. The van der Waals surface area contributed by atoms with E-state index in [0.29, 0.717) is 16.7 Å². The van der Waals surface area contributed by atoms with Crippen LogP contribution in [0.25, 0.3) is 0 Å². The number of halogens is 3. The summed E-state index contributed by atoms with van der Waals surface area (Å²) in [6, 6.07) is 2.03. The van der Waals surface area contributed by atoms with E-state index >= 15 is 0 Å². The van der Waals surface area contributed by atoms with Gasteiger partial charge in [0.1, 0.15) is 11.9 Å². The summed E-state index contributed by atoms with van der Waals surface area (Å²) in [5, 5.41) is 5.84. The molecular weight excluding hydrogens is 310 g/mol. The third-order valence-electron chi connectivity index (χ3n) is 2.11. The largest absolute Gasteiger partial charge is 0.372 e. The van der Waals surface area contributed by atoms with Gasteiger partial charge in [0.05, 0.1) is 10.7 Å². The van der Waals surface area contributed by atoms with Crippen LogP contribution >= 0.6 is 27.5 Å². The average Bonchev–Trinajstić information content (AvgIpc) is 2.23. The Morgan fingerprint density at radius 1 is 1.59 bits per heavy atom. The lowest BCUT2D eigenvalue weighted by Gasteiger charge is -2.17. The second kappa shape index (κ2) is 6.21. The summed E-state index contributed by atoms with van der Waals surface area (Å²) in [7, 11) is 0. The highest BCUT2D eigenvalue weighted by molar-refractivity contribution is 9.10. The predicted molar refractivity (Wildman–Crippen MR) is 70.9 cm³/mol. The molecule has 0 aliphatic heterocycles. The molecule has 1 amide bonds. The molecule has 0 fully saturated rings. The third kappa shape index (κ3) is 3.85. The molecule has 94 valence electrons. The van der Waals surface area contributed by atoms with Crippen LogP contribution < -0.4 is 10.6 Å². The summed E-state index contributed by atoms with van der Waals surface area (Å²) in [5.74, 6) is -0.571. The van der Waals surface area contributed by atoms with Crippen molar-refractivity contribution in [2.24, 2.45) is 0 Å². The van der Waals surface area contributed by atoms with E-state index in [9.17, 15) is 9.18 Å². The zero-order chi connectivity index (χ0) is 13.0. The molecule has 17 heavy (non-hydrogen) atoms. The molecule has 0 aliphatic carbocycles. The highest BCUT2D eigenvalue weighted by Gasteiger charge is 2.15. The van der Waals surface area contributed by atoms with Gasteiger partial charge in [-0.05, 0) is 41.9 Å². The predicted octanol–water partition coefficient (Wildman–Crippen LogP) is 3.18. The van der Waals surface area contributed by atoms with Crippen molar-refractivity contribution in [1.29, 1.82) is 0 Å². The standard InChI is InChI=1S/C11H13BrClFN2O/c1-3-15-11(17)6(2)16-10-8(12)4-7(14)5-9(10)13/h4-6,16H,3H2,1-2H3,(H,15,17). The second-order valence-corrected chi connectivity index (χ2v) is 4.77. The zero-order valence-corrected chi connectivity index (χ0v) is 11.8. The second-order valence-electron chi connectivity index (χ2n) is 3.51. The normalized spacial score (nSPS) is 12.1. The SMILES string of the molecule is CCNC(=O)C(C)Nc1c(Cl)cc(F)cc1Br. The molecule has 0 bridgehead atoms. The van der Waals surface area contributed by atoms with Gasteiger partial charge in [-0.25, -0.2) is 4.39 Å². The fourth-order valence-electron chi connectivity index (χ4n) is 1.29. The Labute approximate surface area is 113 Å². The topological polar surface area (TPSA) is 41.1 Å². The van der Waals surface area contributed by atoms with Crippen molar-refractivity contribution in [2.75, 3.05) is 11.9 Å². The van der Waals surface area contributed by atoms with E-state index in [4.69, 9.17) is 11.6 Å². The molecule has 1 rings (SSSR count). The monoisotopic (exact) mass is 322 g/mol. The summed E-state index contributed by atoms with van der Waals surface area (Å²) >= 11 is 9.09. The molecule has 0 aromatic heterocycles. The van der Waals surface area contributed by atoms with Gasteiger partial charge in [-0.2, -0.15) is 0 Å². The Balaban J connectivity index is 2.85. The Bertz CT molecular complexity index is 405. The Kier molecular flexibility index (Phi) is 5.21. The van der Waals surface area contributed by atoms with Crippen LogP contribution in [0.2, 0.25) is 5.02 Å². The maximum absolute atomic E-state index is 13.0. The average molecular weight is 324 g/mol. The van der Waals surface area contributed by atoms with E-state index in [-0.39, 0.29) is 10.9 Å². The van der Waals surface area contributed by atoms with E-state index < -0.39 is 11.9 Å². The van der Waals surface area contributed by atoms with Crippen molar-refractivity contribution in [3.05, 3.63) is 27.4 Å². The molecule has 0 saturated carbocycles. The number of benzene rings is 1. The minimum Gasteiger partial charge on any atom is -0.372 e. The number of hydrogen-bond acceptors (Lipinski definition) is 2. The maximum Gasteiger partial charge on any atom is 0.242 e. The molecule has 1 unspecified atom stereocenters. The van der Waals surface area contributed by atoms with Gasteiger partial charge in [-0.15, -0.1) is 0 Å². The van der Waals surface area contributed by atoms with Crippen LogP contribution in [0, 0.1) is 5.82 Å². The first kappa shape index (κ1) is 14.3. The van der Waals surface area contributed by atoms with Crippen LogP contribution in [0.15, 0.2) is 16.6 Å². The molecule has 1 aromatic carbocycles. The molecule has 0 aliphatic rings. The summed E-state index contributed by atoms with van der Waals surface area (Å²) < 4.78 is 13.5. The van der Waals surface area contributed by atoms with Crippen molar-refractivity contribution in [2.45, 2.75) is 19.9 Å². The van der Waals surface area contributed by atoms with Crippen molar-refractivity contribution in [1.82, 2.24) is 5.32 Å². The van der Waals surface area contributed by atoms with E-state index in [1.807, 2.05) is 6.92 Å². The lowest BCUT2D eigenvalue weighted by molar-refractivity contribution is -0.121. The van der Waals surface area contributed by atoms with Gasteiger partial charge < -0.3 is 10.6 Å². The smallest absolute Gasteiger partial charge is 0.242 e. The van der Waals surface area contributed by atoms with Gasteiger partial charge >= 0.3 is 0 Å². The van der Waals surface area contributed by atoms with Gasteiger partial charge in [0.15, 0.2) is 0 Å². The van der Waals surface area contributed by atoms with Crippen LogP contribution in [0.1, 0.15) is 13.8 Å². The van der Waals surface area contributed by atoms with E-state index in [0.717, 1.165) is 0 Å². The van der Waals surface area contributed by atoms with E-state index in [1.165, 1.54) is 12.1 Å². The molecular formula is C11H13BrClFN2O. The number of anilines is 1. The first-order chi connectivity index (χ1) is 7.95. The van der Waals surface area contributed by atoms with Gasteiger partial charge in [-0.1, -0.05) is 11.6 Å². The quantitative estimate of drug-likeness (QED) is 0.893. The number of carbonyl (C=O) groups is 1. The highest BCUT2D eigenvalue weighted by atomic mass is 79.9. The minimum atomic E-state index is -0.450. The maximum atomic E-state index is 13.0. The fraction of sp³-hybridized carbons (Fsp3) is 0.364. The molecule has 0 saturated heterocycles. The molecule has 2 N–H and O–H groups in total. The van der Waals surface area contributed by atoms with Gasteiger partial charge in [0, 0.05) is 11.0 Å². The van der Waals surface area contributed by atoms with Gasteiger partial charge in [-0.3, -0.25) is 4.79 Å². The van der Waals surface area contributed by atoms with Crippen LogP contribution in [-0.2, 0) is 4.79 Å². The lowest BCUT2D eigenvalue weighted by Crippen LogP contribution is -2.37. The van der Waals surface area contributed by atoms with Gasteiger partial charge in [0.2, 0.25) is 5.91 Å². The molecule has 6 heteroatoms. The minimum absolute atomic E-state index is 0.139. The third-order valence-corrected chi connectivity index (χ3v) is 3.04. The molecule has 0 heterocycles. The van der Waals surface area contributed by atoms with Crippen LogP contribution in [0.5, 0.6) is 0 Å². The summed E-state index contributed by atoms with van der Waals surface area (Å²) in [6.45, 7) is 4.10. The van der Waals surface area contributed by atoms with Crippen LogP contribution in [0.3, 0.4) is 0 Å². The number of likely N-dealkylation sites (N-methyl/N-ethyl adjacent to an activating group) is 1. The number of amides is 1. The number of nitrogens with one attached hydrogen (secondary N) is 2. The van der Waals surface area contributed by atoms with Crippen LogP contribution in [-0.4, -0.2) is 18.5 Å². The molecule has 3 nitrogen and oxygen atoms in total. The van der Waals surface area contributed by atoms with Crippen LogP contribution in [0.4, 0.5) is 10.1 Å². The van der Waals surface area contributed by atoms with E-state index in [1.54, 1.807) is 6.92 Å².